The van der Waals surface area contributed by atoms with E-state index in [2.05, 4.69) is 25.9 Å². The van der Waals surface area contributed by atoms with Crippen LogP contribution in [0.1, 0.15) is 52.7 Å². The van der Waals surface area contributed by atoms with E-state index in [4.69, 9.17) is 4.74 Å². The van der Waals surface area contributed by atoms with Crippen molar-refractivity contribution < 1.29 is 9.13 Å². The van der Waals surface area contributed by atoms with Gasteiger partial charge in [-0.2, -0.15) is 9.49 Å². The van der Waals surface area contributed by atoms with Gasteiger partial charge in [0.15, 0.2) is 5.75 Å². The molecule has 0 aliphatic rings. The van der Waals surface area contributed by atoms with Gasteiger partial charge in [-0.1, -0.05) is 45.0 Å². The minimum atomic E-state index is -0.911. The van der Waals surface area contributed by atoms with Crippen LogP contribution in [0, 0.1) is 5.82 Å². The van der Waals surface area contributed by atoms with Gasteiger partial charge in [0.2, 0.25) is 5.82 Å². The summed E-state index contributed by atoms with van der Waals surface area (Å²) in [6, 6.07) is 7.96. The first kappa shape index (κ1) is 18.2. The summed E-state index contributed by atoms with van der Waals surface area (Å²) in [6.45, 7) is 12.0. The maximum atomic E-state index is 14.2. The summed E-state index contributed by atoms with van der Waals surface area (Å²) in [5, 5.41) is 4.01. The summed E-state index contributed by atoms with van der Waals surface area (Å²) in [4.78, 5) is 12.0. The highest BCUT2D eigenvalue weighted by molar-refractivity contribution is 5.27. The van der Waals surface area contributed by atoms with Gasteiger partial charge in [0.25, 0.3) is 0 Å². The van der Waals surface area contributed by atoms with Gasteiger partial charge in [-0.05, 0) is 37.3 Å². The van der Waals surface area contributed by atoms with E-state index in [1.165, 1.54) is 11.8 Å². The van der Waals surface area contributed by atoms with Crippen LogP contribution in [0.4, 0.5) is 4.39 Å². The average molecular weight is 332 g/mol. The number of halogens is 1. The average Bonchev–Trinajstić information content (AvgIpc) is 2.47. The van der Waals surface area contributed by atoms with Crippen LogP contribution in [0.25, 0.3) is 0 Å². The zero-order valence-corrected chi connectivity index (χ0v) is 15.2. The molecule has 1 heterocycles. The molecule has 0 fully saturated rings. The van der Waals surface area contributed by atoms with Crippen molar-refractivity contribution in [2.24, 2.45) is 0 Å². The van der Waals surface area contributed by atoms with Gasteiger partial charge in [0.05, 0.1) is 11.7 Å². The van der Waals surface area contributed by atoms with Crippen molar-refractivity contribution in [3.63, 3.8) is 0 Å². The molecule has 0 aliphatic heterocycles. The van der Waals surface area contributed by atoms with Gasteiger partial charge in [0, 0.05) is 0 Å². The zero-order valence-electron chi connectivity index (χ0n) is 15.2. The minimum Gasteiger partial charge on any atom is -0.484 e. The number of rotatable bonds is 3. The van der Waals surface area contributed by atoms with Crippen molar-refractivity contribution in [1.29, 1.82) is 0 Å². The molecule has 1 aromatic heterocycles. The molecule has 0 N–H and O–H groups in total. The second-order valence-corrected chi connectivity index (χ2v) is 7.95. The molecule has 2 rings (SSSR count). The first-order chi connectivity index (χ1) is 11.0. The largest absolute Gasteiger partial charge is 0.484 e. The molecule has 0 aliphatic carbocycles. The van der Waals surface area contributed by atoms with Crippen LogP contribution in [-0.2, 0) is 17.6 Å². The SMILES string of the molecule is CC(C)(C)c1ccc(COc2cnn(C(C)(C)C)c(=O)c2F)cc1. The summed E-state index contributed by atoms with van der Waals surface area (Å²) in [7, 11) is 0. The highest BCUT2D eigenvalue weighted by Gasteiger charge is 2.21. The number of hydrogen-bond donors (Lipinski definition) is 0. The van der Waals surface area contributed by atoms with Crippen molar-refractivity contribution in [2.45, 2.75) is 59.1 Å². The molecule has 0 spiro atoms. The molecular formula is C19H25FN2O2. The minimum absolute atomic E-state index is 0.0763. The maximum Gasteiger partial charge on any atom is 0.307 e. The molecule has 130 valence electrons. The Bertz CT molecular complexity index is 766. The van der Waals surface area contributed by atoms with Crippen LogP contribution in [0.2, 0.25) is 0 Å². The smallest absolute Gasteiger partial charge is 0.307 e. The van der Waals surface area contributed by atoms with E-state index in [-0.39, 0.29) is 17.8 Å². The topological polar surface area (TPSA) is 44.1 Å². The van der Waals surface area contributed by atoms with E-state index in [1.54, 1.807) is 20.8 Å². The van der Waals surface area contributed by atoms with Gasteiger partial charge < -0.3 is 4.74 Å². The molecule has 0 bridgehead atoms. The fourth-order valence-electron chi connectivity index (χ4n) is 2.26. The molecule has 2 aromatic rings. The lowest BCUT2D eigenvalue weighted by Crippen LogP contribution is -2.37. The number of ether oxygens (including phenoxy) is 1. The summed E-state index contributed by atoms with van der Waals surface area (Å²) in [5.74, 6) is -1.04. The van der Waals surface area contributed by atoms with Crippen molar-refractivity contribution in [3.8, 4) is 5.75 Å². The third-order valence-corrected chi connectivity index (χ3v) is 3.74. The normalized spacial score (nSPS) is 12.3. The summed E-state index contributed by atoms with van der Waals surface area (Å²) in [5.41, 5.74) is 0.837. The Hall–Kier alpha value is -2.17. The third-order valence-electron chi connectivity index (χ3n) is 3.74. The molecule has 0 saturated heterocycles. The van der Waals surface area contributed by atoms with Gasteiger partial charge in [-0.15, -0.1) is 0 Å². The standard InChI is InChI=1S/C19H25FN2O2/c1-18(2,3)14-9-7-13(8-10-14)12-24-15-11-21-22(19(4,5)6)17(23)16(15)20/h7-11H,12H2,1-6H3. The van der Waals surface area contributed by atoms with Crippen LogP contribution in [0.15, 0.2) is 35.3 Å². The predicted octanol–water partition coefficient (Wildman–Crippen LogP) is 4.01. The highest BCUT2D eigenvalue weighted by Crippen LogP contribution is 2.23. The van der Waals surface area contributed by atoms with E-state index in [9.17, 15) is 9.18 Å². The fourth-order valence-corrected chi connectivity index (χ4v) is 2.26. The first-order valence-corrected chi connectivity index (χ1v) is 8.00. The molecule has 0 saturated carbocycles. The molecule has 24 heavy (non-hydrogen) atoms. The Morgan fingerprint density at radius 3 is 2.17 bits per heavy atom. The number of hydrogen-bond acceptors (Lipinski definition) is 3. The van der Waals surface area contributed by atoms with Gasteiger partial charge in [0.1, 0.15) is 6.61 Å². The molecule has 5 heteroatoms. The molecule has 0 radical (unpaired) electrons. The van der Waals surface area contributed by atoms with E-state index in [0.29, 0.717) is 0 Å². The van der Waals surface area contributed by atoms with Gasteiger partial charge in [-0.25, -0.2) is 4.68 Å². The fraction of sp³-hybridized carbons (Fsp3) is 0.474. The van der Waals surface area contributed by atoms with Gasteiger partial charge in [-0.3, -0.25) is 4.79 Å². The van der Waals surface area contributed by atoms with Crippen LogP contribution in [0.5, 0.6) is 5.75 Å². The van der Waals surface area contributed by atoms with Crippen molar-refractivity contribution >= 4 is 0 Å². The lowest BCUT2D eigenvalue weighted by molar-refractivity contribution is 0.269. The number of benzene rings is 1. The van der Waals surface area contributed by atoms with Crippen molar-refractivity contribution in [3.05, 3.63) is 57.8 Å². The van der Waals surface area contributed by atoms with Crippen molar-refractivity contribution in [1.82, 2.24) is 9.78 Å². The van der Waals surface area contributed by atoms with E-state index in [1.807, 2.05) is 24.3 Å². The lowest BCUT2D eigenvalue weighted by atomic mass is 9.87. The van der Waals surface area contributed by atoms with Crippen LogP contribution >= 0.6 is 0 Å². The zero-order chi connectivity index (χ0) is 18.1. The van der Waals surface area contributed by atoms with Crippen LogP contribution in [-0.4, -0.2) is 9.78 Å². The van der Waals surface area contributed by atoms with Crippen LogP contribution in [0.3, 0.4) is 0 Å². The Balaban J connectivity index is 2.16. The third kappa shape index (κ3) is 4.02. The van der Waals surface area contributed by atoms with Crippen LogP contribution < -0.4 is 10.3 Å². The Labute approximate surface area is 142 Å². The number of nitrogens with zero attached hydrogens (tertiary/aromatic N) is 2. The maximum absolute atomic E-state index is 14.2. The van der Waals surface area contributed by atoms with E-state index >= 15 is 0 Å². The second-order valence-electron chi connectivity index (χ2n) is 7.95. The molecule has 0 atom stereocenters. The van der Waals surface area contributed by atoms with E-state index in [0.717, 1.165) is 10.2 Å². The highest BCUT2D eigenvalue weighted by atomic mass is 19.1. The molecule has 0 amide bonds. The quantitative estimate of drug-likeness (QED) is 0.853. The monoisotopic (exact) mass is 332 g/mol. The second kappa shape index (κ2) is 6.38. The molecule has 0 unspecified atom stereocenters. The summed E-state index contributed by atoms with van der Waals surface area (Å²) < 4.78 is 20.8. The number of aromatic nitrogens is 2. The molecular weight excluding hydrogens is 307 g/mol. The lowest BCUT2D eigenvalue weighted by Gasteiger charge is -2.21. The van der Waals surface area contributed by atoms with Gasteiger partial charge >= 0.3 is 5.56 Å². The predicted molar refractivity (Wildman–Crippen MR) is 92.9 cm³/mol. The van der Waals surface area contributed by atoms with Crippen molar-refractivity contribution in [2.75, 3.05) is 0 Å². The molecule has 1 aromatic carbocycles. The first-order valence-electron chi connectivity index (χ1n) is 8.00. The molecule has 4 nitrogen and oxygen atoms in total. The summed E-state index contributed by atoms with van der Waals surface area (Å²) in [6.07, 6.45) is 1.26. The van der Waals surface area contributed by atoms with E-state index < -0.39 is 16.9 Å². The Morgan fingerprint density at radius 2 is 1.67 bits per heavy atom. The summed E-state index contributed by atoms with van der Waals surface area (Å²) >= 11 is 0. The Kier molecular flexibility index (Phi) is 4.83. The Morgan fingerprint density at radius 1 is 1.08 bits per heavy atom.